The van der Waals surface area contributed by atoms with Gasteiger partial charge in [-0.05, 0) is 43.5 Å². The largest absolute Gasteiger partial charge is 0.399 e. The molecule has 3 heteroatoms. The van der Waals surface area contributed by atoms with Crippen LogP contribution >= 0.6 is 0 Å². The zero-order valence-corrected chi connectivity index (χ0v) is 11.3. The zero-order valence-electron chi connectivity index (χ0n) is 11.3. The summed E-state index contributed by atoms with van der Waals surface area (Å²) in [4.78, 5) is 14.4. The minimum atomic E-state index is 0.124. The molecule has 1 fully saturated rings. The smallest absolute Gasteiger partial charge is 0.254 e. The number of carbonyl (C=O) groups excluding carboxylic acids is 1. The van der Waals surface area contributed by atoms with E-state index in [-0.39, 0.29) is 5.91 Å². The number of benzene rings is 1. The second-order valence-electron chi connectivity index (χ2n) is 5.28. The molecule has 0 aromatic heterocycles. The highest BCUT2D eigenvalue weighted by atomic mass is 16.2. The summed E-state index contributed by atoms with van der Waals surface area (Å²) in [7, 11) is 1.92. The van der Waals surface area contributed by atoms with Gasteiger partial charge in [0.2, 0.25) is 0 Å². The van der Waals surface area contributed by atoms with Crippen molar-refractivity contribution in [2.45, 2.75) is 45.1 Å². The molecule has 0 bridgehead atoms. The first-order valence-electron chi connectivity index (χ1n) is 6.73. The van der Waals surface area contributed by atoms with Crippen LogP contribution in [0.1, 0.15) is 48.0 Å². The second-order valence-corrected chi connectivity index (χ2v) is 5.28. The number of carbonyl (C=O) groups is 1. The molecule has 98 valence electrons. The molecular formula is C15H22N2O. The molecule has 1 aromatic carbocycles. The number of rotatable bonds is 2. The fourth-order valence-corrected chi connectivity index (χ4v) is 2.75. The van der Waals surface area contributed by atoms with Crippen LogP contribution in [0.5, 0.6) is 0 Å². The predicted molar refractivity (Wildman–Crippen MR) is 74.6 cm³/mol. The molecule has 0 spiro atoms. The number of anilines is 1. The Kier molecular flexibility index (Phi) is 3.90. The van der Waals surface area contributed by atoms with Crippen molar-refractivity contribution in [3.8, 4) is 0 Å². The first kappa shape index (κ1) is 12.9. The molecule has 0 radical (unpaired) electrons. The number of amides is 1. The van der Waals surface area contributed by atoms with Crippen LogP contribution in [0.3, 0.4) is 0 Å². The molecule has 3 nitrogen and oxygen atoms in total. The zero-order chi connectivity index (χ0) is 13.1. The summed E-state index contributed by atoms with van der Waals surface area (Å²) < 4.78 is 0. The van der Waals surface area contributed by atoms with Gasteiger partial charge in [0, 0.05) is 24.3 Å². The number of nitrogen functional groups attached to an aromatic ring is 1. The summed E-state index contributed by atoms with van der Waals surface area (Å²) in [6.07, 6.45) is 6.05. The second kappa shape index (κ2) is 5.42. The molecule has 1 aliphatic carbocycles. The third kappa shape index (κ3) is 2.66. The van der Waals surface area contributed by atoms with Gasteiger partial charge in [0.15, 0.2) is 0 Å². The van der Waals surface area contributed by atoms with Gasteiger partial charge in [-0.2, -0.15) is 0 Å². The van der Waals surface area contributed by atoms with E-state index in [1.807, 2.05) is 31.0 Å². The molecule has 1 saturated carbocycles. The van der Waals surface area contributed by atoms with E-state index < -0.39 is 0 Å². The van der Waals surface area contributed by atoms with Crippen LogP contribution in [0, 0.1) is 6.92 Å². The lowest BCUT2D eigenvalue weighted by atomic mass is 9.94. The molecule has 1 aliphatic rings. The number of hydrogen-bond acceptors (Lipinski definition) is 2. The van der Waals surface area contributed by atoms with Crippen LogP contribution in [0.4, 0.5) is 5.69 Å². The lowest BCUT2D eigenvalue weighted by molar-refractivity contribution is 0.0695. The summed E-state index contributed by atoms with van der Waals surface area (Å²) >= 11 is 0. The maximum Gasteiger partial charge on any atom is 0.254 e. The van der Waals surface area contributed by atoms with E-state index in [4.69, 9.17) is 5.73 Å². The first-order valence-corrected chi connectivity index (χ1v) is 6.73. The molecule has 0 aliphatic heterocycles. The Morgan fingerprint density at radius 1 is 1.28 bits per heavy atom. The Labute approximate surface area is 109 Å². The molecule has 0 unspecified atom stereocenters. The number of aryl methyl sites for hydroxylation is 1. The highest BCUT2D eigenvalue weighted by Gasteiger charge is 2.23. The van der Waals surface area contributed by atoms with Crippen molar-refractivity contribution < 1.29 is 4.79 Å². The fourth-order valence-electron chi connectivity index (χ4n) is 2.75. The monoisotopic (exact) mass is 246 g/mol. The molecule has 2 rings (SSSR count). The van der Waals surface area contributed by atoms with E-state index in [1.165, 1.54) is 19.3 Å². The molecule has 0 heterocycles. The van der Waals surface area contributed by atoms with Gasteiger partial charge in [0.05, 0.1) is 0 Å². The lowest BCUT2D eigenvalue weighted by Crippen LogP contribution is -2.38. The third-order valence-corrected chi connectivity index (χ3v) is 3.92. The number of nitrogens with two attached hydrogens (primary N) is 1. The van der Waals surface area contributed by atoms with Crippen LogP contribution in [-0.2, 0) is 0 Å². The Balaban J connectivity index is 2.14. The molecule has 2 N–H and O–H groups in total. The van der Waals surface area contributed by atoms with E-state index >= 15 is 0 Å². The third-order valence-electron chi connectivity index (χ3n) is 3.92. The van der Waals surface area contributed by atoms with Crippen molar-refractivity contribution in [1.82, 2.24) is 4.90 Å². The summed E-state index contributed by atoms with van der Waals surface area (Å²) in [5.41, 5.74) is 8.17. The average Bonchev–Trinajstić information content (AvgIpc) is 2.38. The maximum atomic E-state index is 12.5. The normalized spacial score (nSPS) is 16.6. The Bertz CT molecular complexity index is 436. The SMILES string of the molecule is Cc1cc(N)ccc1C(=O)N(C)C1CCCCC1. The predicted octanol–water partition coefficient (Wildman–Crippen LogP) is 2.98. The Morgan fingerprint density at radius 2 is 1.94 bits per heavy atom. The van der Waals surface area contributed by atoms with E-state index in [0.717, 1.165) is 24.0 Å². The Morgan fingerprint density at radius 3 is 2.56 bits per heavy atom. The van der Waals surface area contributed by atoms with E-state index in [2.05, 4.69) is 0 Å². The van der Waals surface area contributed by atoms with Crippen molar-refractivity contribution in [2.24, 2.45) is 0 Å². The molecule has 1 aromatic rings. The van der Waals surface area contributed by atoms with Crippen LogP contribution in [0.2, 0.25) is 0 Å². The molecule has 0 atom stereocenters. The topological polar surface area (TPSA) is 46.3 Å². The van der Waals surface area contributed by atoms with Crippen molar-refractivity contribution >= 4 is 11.6 Å². The van der Waals surface area contributed by atoms with E-state index in [1.54, 1.807) is 6.07 Å². The number of hydrogen-bond donors (Lipinski definition) is 1. The Hall–Kier alpha value is -1.51. The van der Waals surface area contributed by atoms with Crippen molar-refractivity contribution in [1.29, 1.82) is 0 Å². The molecule has 18 heavy (non-hydrogen) atoms. The quantitative estimate of drug-likeness (QED) is 0.815. The van der Waals surface area contributed by atoms with Crippen molar-refractivity contribution in [3.05, 3.63) is 29.3 Å². The lowest BCUT2D eigenvalue weighted by Gasteiger charge is -2.31. The van der Waals surface area contributed by atoms with Crippen molar-refractivity contribution in [3.63, 3.8) is 0 Å². The highest BCUT2D eigenvalue weighted by molar-refractivity contribution is 5.96. The average molecular weight is 246 g/mol. The van der Waals surface area contributed by atoms with Crippen LogP contribution in [0.25, 0.3) is 0 Å². The van der Waals surface area contributed by atoms with Gasteiger partial charge in [-0.25, -0.2) is 0 Å². The summed E-state index contributed by atoms with van der Waals surface area (Å²) in [6, 6.07) is 5.91. The molecule has 1 amide bonds. The highest BCUT2D eigenvalue weighted by Crippen LogP contribution is 2.24. The van der Waals surface area contributed by atoms with Crippen LogP contribution < -0.4 is 5.73 Å². The van der Waals surface area contributed by atoms with Gasteiger partial charge in [-0.15, -0.1) is 0 Å². The van der Waals surface area contributed by atoms with Gasteiger partial charge >= 0.3 is 0 Å². The standard InChI is InChI=1S/C15H22N2O/c1-11-10-12(16)8-9-14(11)15(18)17(2)13-6-4-3-5-7-13/h8-10,13H,3-7,16H2,1-2H3. The van der Waals surface area contributed by atoms with Gasteiger partial charge in [-0.3, -0.25) is 4.79 Å². The van der Waals surface area contributed by atoms with E-state index in [9.17, 15) is 4.79 Å². The summed E-state index contributed by atoms with van der Waals surface area (Å²) in [5.74, 6) is 0.124. The van der Waals surface area contributed by atoms with Crippen molar-refractivity contribution in [2.75, 3.05) is 12.8 Å². The van der Waals surface area contributed by atoms with Gasteiger partial charge in [0.1, 0.15) is 0 Å². The number of nitrogens with zero attached hydrogens (tertiary/aromatic N) is 1. The summed E-state index contributed by atoms with van der Waals surface area (Å²) in [5, 5.41) is 0. The van der Waals surface area contributed by atoms with Crippen LogP contribution in [-0.4, -0.2) is 23.9 Å². The van der Waals surface area contributed by atoms with E-state index in [0.29, 0.717) is 11.7 Å². The fraction of sp³-hybridized carbons (Fsp3) is 0.533. The maximum absolute atomic E-state index is 12.5. The first-order chi connectivity index (χ1) is 8.59. The van der Waals surface area contributed by atoms with Gasteiger partial charge in [-0.1, -0.05) is 19.3 Å². The minimum absolute atomic E-state index is 0.124. The summed E-state index contributed by atoms with van der Waals surface area (Å²) in [6.45, 7) is 1.94. The van der Waals surface area contributed by atoms with Crippen LogP contribution in [0.15, 0.2) is 18.2 Å². The van der Waals surface area contributed by atoms with Gasteiger partial charge < -0.3 is 10.6 Å². The molecular weight excluding hydrogens is 224 g/mol. The molecule has 0 saturated heterocycles. The van der Waals surface area contributed by atoms with Gasteiger partial charge in [0.25, 0.3) is 5.91 Å². The minimum Gasteiger partial charge on any atom is -0.399 e.